The quantitative estimate of drug-likeness (QED) is 0.807. The standard InChI is InChI=1S/C16H21NO4/c1-2-9-21-12-5-3-11(4-6-12)10-17-15(18)13-7-8-14(13)16(19)20/h3-6,13-14H,2,7-10H2,1H3,(H,17,18)(H,19,20). The van der Waals surface area contributed by atoms with Crippen molar-refractivity contribution in [3.8, 4) is 5.75 Å². The van der Waals surface area contributed by atoms with Gasteiger partial charge in [-0.25, -0.2) is 0 Å². The SMILES string of the molecule is CCCOc1ccc(CNC(=O)C2CCC2C(=O)O)cc1. The lowest BCUT2D eigenvalue weighted by atomic mass is 9.73. The van der Waals surface area contributed by atoms with E-state index in [0.29, 0.717) is 26.0 Å². The van der Waals surface area contributed by atoms with E-state index in [-0.39, 0.29) is 11.8 Å². The normalized spacial score (nSPS) is 20.4. The Morgan fingerprint density at radius 3 is 2.43 bits per heavy atom. The molecule has 1 aliphatic rings. The highest BCUT2D eigenvalue weighted by Gasteiger charge is 2.41. The molecule has 1 saturated carbocycles. The Kier molecular flexibility index (Phi) is 5.20. The number of nitrogens with one attached hydrogen (secondary N) is 1. The molecule has 0 heterocycles. The Bertz CT molecular complexity index is 498. The third-order valence-electron chi connectivity index (χ3n) is 3.79. The van der Waals surface area contributed by atoms with Crippen LogP contribution in [0.2, 0.25) is 0 Å². The Morgan fingerprint density at radius 1 is 1.24 bits per heavy atom. The molecule has 0 bridgehead atoms. The highest BCUT2D eigenvalue weighted by atomic mass is 16.5. The van der Waals surface area contributed by atoms with E-state index in [0.717, 1.165) is 17.7 Å². The van der Waals surface area contributed by atoms with Crippen LogP contribution in [-0.2, 0) is 16.1 Å². The van der Waals surface area contributed by atoms with E-state index in [9.17, 15) is 9.59 Å². The number of hydrogen-bond acceptors (Lipinski definition) is 3. The van der Waals surface area contributed by atoms with Gasteiger partial charge in [-0.2, -0.15) is 0 Å². The zero-order valence-corrected chi connectivity index (χ0v) is 12.2. The van der Waals surface area contributed by atoms with Crippen molar-refractivity contribution in [1.82, 2.24) is 5.32 Å². The molecule has 0 spiro atoms. The Morgan fingerprint density at radius 2 is 1.90 bits per heavy atom. The van der Waals surface area contributed by atoms with Gasteiger partial charge in [0.25, 0.3) is 0 Å². The summed E-state index contributed by atoms with van der Waals surface area (Å²) in [4.78, 5) is 22.8. The Hall–Kier alpha value is -2.04. The number of aliphatic carboxylic acids is 1. The monoisotopic (exact) mass is 291 g/mol. The molecule has 1 aromatic carbocycles. The molecule has 1 aromatic rings. The molecule has 5 nitrogen and oxygen atoms in total. The summed E-state index contributed by atoms with van der Waals surface area (Å²) in [5.74, 6) is -1.12. The first-order valence-corrected chi connectivity index (χ1v) is 7.34. The number of rotatable bonds is 7. The largest absolute Gasteiger partial charge is 0.494 e. The van der Waals surface area contributed by atoms with Crippen molar-refractivity contribution in [3.63, 3.8) is 0 Å². The van der Waals surface area contributed by atoms with Crippen LogP contribution < -0.4 is 10.1 Å². The number of carboxylic acids is 1. The molecule has 21 heavy (non-hydrogen) atoms. The van der Waals surface area contributed by atoms with Gasteiger partial charge in [-0.05, 0) is 37.0 Å². The van der Waals surface area contributed by atoms with Gasteiger partial charge in [-0.1, -0.05) is 19.1 Å². The molecule has 5 heteroatoms. The number of ether oxygens (including phenoxy) is 1. The van der Waals surface area contributed by atoms with Crippen LogP contribution >= 0.6 is 0 Å². The van der Waals surface area contributed by atoms with E-state index in [1.807, 2.05) is 24.3 Å². The van der Waals surface area contributed by atoms with E-state index < -0.39 is 11.9 Å². The minimum absolute atomic E-state index is 0.167. The third kappa shape index (κ3) is 3.97. The Labute approximate surface area is 124 Å². The number of hydrogen-bond donors (Lipinski definition) is 2. The topological polar surface area (TPSA) is 75.6 Å². The van der Waals surface area contributed by atoms with Gasteiger partial charge in [-0.15, -0.1) is 0 Å². The van der Waals surface area contributed by atoms with E-state index >= 15 is 0 Å². The van der Waals surface area contributed by atoms with Gasteiger partial charge in [0, 0.05) is 6.54 Å². The zero-order valence-electron chi connectivity index (χ0n) is 12.2. The van der Waals surface area contributed by atoms with Gasteiger partial charge >= 0.3 is 5.97 Å². The fourth-order valence-electron chi connectivity index (χ4n) is 2.35. The molecule has 2 N–H and O–H groups in total. The van der Waals surface area contributed by atoms with Gasteiger partial charge in [0.2, 0.25) is 5.91 Å². The zero-order chi connectivity index (χ0) is 15.2. The van der Waals surface area contributed by atoms with Crippen LogP contribution in [0.5, 0.6) is 5.75 Å². The number of benzene rings is 1. The van der Waals surface area contributed by atoms with E-state index in [2.05, 4.69) is 12.2 Å². The third-order valence-corrected chi connectivity index (χ3v) is 3.79. The molecule has 0 saturated heterocycles. The van der Waals surface area contributed by atoms with Crippen molar-refractivity contribution < 1.29 is 19.4 Å². The molecule has 0 aromatic heterocycles. The second-order valence-corrected chi connectivity index (χ2v) is 5.34. The first kappa shape index (κ1) is 15.4. The van der Waals surface area contributed by atoms with Crippen LogP contribution in [0.25, 0.3) is 0 Å². The van der Waals surface area contributed by atoms with Crippen LogP contribution in [0.1, 0.15) is 31.7 Å². The lowest BCUT2D eigenvalue weighted by Gasteiger charge is -2.31. The number of amides is 1. The molecule has 114 valence electrons. The molecular formula is C16H21NO4. The van der Waals surface area contributed by atoms with Gasteiger partial charge in [0.05, 0.1) is 18.4 Å². The molecule has 1 amide bonds. The lowest BCUT2D eigenvalue weighted by molar-refractivity contribution is -0.152. The molecule has 1 aliphatic carbocycles. The predicted molar refractivity (Wildman–Crippen MR) is 77.9 cm³/mol. The summed E-state index contributed by atoms with van der Waals surface area (Å²) >= 11 is 0. The molecule has 2 atom stereocenters. The maximum atomic E-state index is 11.9. The maximum Gasteiger partial charge on any atom is 0.307 e. The predicted octanol–water partition coefficient (Wildman–Crippen LogP) is 2.20. The molecule has 1 fully saturated rings. The van der Waals surface area contributed by atoms with Crippen molar-refractivity contribution in [1.29, 1.82) is 0 Å². The summed E-state index contributed by atoms with van der Waals surface area (Å²) in [7, 11) is 0. The van der Waals surface area contributed by atoms with Crippen molar-refractivity contribution in [2.24, 2.45) is 11.8 Å². The van der Waals surface area contributed by atoms with Crippen LogP contribution in [0.3, 0.4) is 0 Å². The van der Waals surface area contributed by atoms with Crippen LogP contribution in [0, 0.1) is 11.8 Å². The lowest BCUT2D eigenvalue weighted by Crippen LogP contribution is -2.43. The van der Waals surface area contributed by atoms with Crippen molar-refractivity contribution in [2.75, 3.05) is 6.61 Å². The van der Waals surface area contributed by atoms with Gasteiger partial charge < -0.3 is 15.2 Å². The summed E-state index contributed by atoms with van der Waals surface area (Å²) in [6.07, 6.45) is 2.22. The smallest absolute Gasteiger partial charge is 0.307 e. The highest BCUT2D eigenvalue weighted by Crippen LogP contribution is 2.34. The van der Waals surface area contributed by atoms with Gasteiger partial charge in [0.15, 0.2) is 0 Å². The molecule has 0 aliphatic heterocycles. The minimum Gasteiger partial charge on any atom is -0.494 e. The first-order chi connectivity index (χ1) is 10.1. The first-order valence-electron chi connectivity index (χ1n) is 7.34. The van der Waals surface area contributed by atoms with E-state index in [4.69, 9.17) is 9.84 Å². The number of carbonyl (C=O) groups is 2. The Balaban J connectivity index is 1.80. The van der Waals surface area contributed by atoms with Gasteiger partial charge in [-0.3, -0.25) is 9.59 Å². The summed E-state index contributed by atoms with van der Waals surface area (Å²) in [5.41, 5.74) is 0.971. The van der Waals surface area contributed by atoms with Crippen molar-refractivity contribution >= 4 is 11.9 Å². The highest BCUT2D eigenvalue weighted by molar-refractivity contribution is 5.86. The number of carboxylic acid groups (broad SMARTS) is 1. The molecule has 0 radical (unpaired) electrons. The summed E-state index contributed by atoms with van der Waals surface area (Å²) in [5, 5.41) is 11.8. The second-order valence-electron chi connectivity index (χ2n) is 5.34. The average molecular weight is 291 g/mol. The molecule has 2 unspecified atom stereocenters. The summed E-state index contributed by atoms with van der Waals surface area (Å²) in [6, 6.07) is 7.56. The van der Waals surface area contributed by atoms with Crippen LogP contribution in [0.4, 0.5) is 0 Å². The fraction of sp³-hybridized carbons (Fsp3) is 0.500. The molecular weight excluding hydrogens is 270 g/mol. The minimum atomic E-state index is -0.876. The average Bonchev–Trinajstić information content (AvgIpc) is 2.42. The summed E-state index contributed by atoms with van der Waals surface area (Å²) < 4.78 is 5.49. The van der Waals surface area contributed by atoms with Gasteiger partial charge in [0.1, 0.15) is 5.75 Å². The van der Waals surface area contributed by atoms with Crippen LogP contribution in [0.15, 0.2) is 24.3 Å². The van der Waals surface area contributed by atoms with E-state index in [1.54, 1.807) is 0 Å². The van der Waals surface area contributed by atoms with Crippen molar-refractivity contribution in [2.45, 2.75) is 32.7 Å². The van der Waals surface area contributed by atoms with Crippen molar-refractivity contribution in [3.05, 3.63) is 29.8 Å². The van der Waals surface area contributed by atoms with E-state index in [1.165, 1.54) is 0 Å². The maximum absolute atomic E-state index is 11.9. The summed E-state index contributed by atoms with van der Waals surface area (Å²) in [6.45, 7) is 3.15. The molecule has 2 rings (SSSR count). The van der Waals surface area contributed by atoms with Crippen LogP contribution in [-0.4, -0.2) is 23.6 Å². The number of carbonyl (C=O) groups excluding carboxylic acids is 1. The second kappa shape index (κ2) is 7.11. The fourth-order valence-corrected chi connectivity index (χ4v) is 2.35.